The molecule has 1 radical (unpaired) electrons. The first kappa shape index (κ1) is 16.0. The fourth-order valence-corrected chi connectivity index (χ4v) is 4.92. The lowest BCUT2D eigenvalue weighted by molar-refractivity contribution is 0.601. The highest BCUT2D eigenvalue weighted by molar-refractivity contribution is 7.93. The van der Waals surface area contributed by atoms with Crippen LogP contribution in [0.4, 0.5) is 5.00 Å². The number of aryl methyl sites for hydroxylation is 1. The van der Waals surface area contributed by atoms with Crippen LogP contribution in [0.2, 0.25) is 0 Å². The molecule has 0 atom stereocenters. The van der Waals surface area contributed by atoms with Crippen molar-refractivity contribution in [2.24, 2.45) is 0 Å². The molecular weight excluding hydrogens is 302 g/mol. The maximum Gasteiger partial charge on any atom is 0.262 e. The van der Waals surface area contributed by atoms with Crippen molar-refractivity contribution in [3.05, 3.63) is 53.3 Å². The Morgan fingerprint density at radius 1 is 1.24 bits per heavy atom. The van der Waals surface area contributed by atoms with Crippen molar-refractivity contribution in [3.8, 4) is 0 Å². The molecule has 0 saturated heterocycles. The van der Waals surface area contributed by atoms with E-state index in [-0.39, 0.29) is 4.90 Å². The molecule has 0 amide bonds. The molecule has 0 fully saturated rings. The second-order valence-corrected chi connectivity index (χ2v) is 7.96. The minimum Gasteiger partial charge on any atom is -0.270 e. The van der Waals surface area contributed by atoms with E-state index in [4.69, 9.17) is 0 Å². The third kappa shape index (κ3) is 3.30. The lowest BCUT2D eigenvalue weighted by Crippen LogP contribution is -2.12. The molecule has 0 bridgehead atoms. The van der Waals surface area contributed by atoms with E-state index >= 15 is 0 Å². The van der Waals surface area contributed by atoms with Gasteiger partial charge in [0.1, 0.15) is 5.00 Å². The lowest BCUT2D eigenvalue weighted by atomic mass is 9.99. The summed E-state index contributed by atoms with van der Waals surface area (Å²) >= 11 is 1.48. The first-order valence-electron chi connectivity index (χ1n) is 6.92. The Bertz CT molecular complexity index is 716. The topological polar surface area (TPSA) is 46.2 Å². The molecule has 2 aromatic rings. The maximum atomic E-state index is 12.4. The van der Waals surface area contributed by atoms with Gasteiger partial charge < -0.3 is 0 Å². The molecule has 2 rings (SSSR count). The van der Waals surface area contributed by atoms with Crippen LogP contribution in [0.5, 0.6) is 0 Å². The predicted molar refractivity (Wildman–Crippen MR) is 89.5 cm³/mol. The van der Waals surface area contributed by atoms with Gasteiger partial charge in [-0.05, 0) is 42.5 Å². The van der Waals surface area contributed by atoms with Crippen LogP contribution in [0.3, 0.4) is 0 Å². The highest BCUT2D eigenvalue weighted by Gasteiger charge is 2.21. The van der Waals surface area contributed by atoms with E-state index in [0.29, 0.717) is 10.9 Å². The second-order valence-electron chi connectivity index (χ2n) is 5.17. The Morgan fingerprint density at radius 2 is 1.86 bits per heavy atom. The van der Waals surface area contributed by atoms with Gasteiger partial charge >= 0.3 is 0 Å². The molecule has 0 spiro atoms. The number of hydrogen-bond acceptors (Lipinski definition) is 3. The monoisotopic (exact) mass is 322 g/mol. The number of thiophene rings is 1. The van der Waals surface area contributed by atoms with E-state index in [1.807, 2.05) is 0 Å². The van der Waals surface area contributed by atoms with Gasteiger partial charge in [-0.3, -0.25) is 4.72 Å². The number of anilines is 1. The zero-order chi connectivity index (χ0) is 15.6. The van der Waals surface area contributed by atoms with Crippen LogP contribution in [-0.2, 0) is 16.4 Å². The van der Waals surface area contributed by atoms with Crippen LogP contribution >= 0.6 is 11.3 Å². The van der Waals surface area contributed by atoms with Crippen LogP contribution < -0.4 is 4.72 Å². The molecule has 0 aliphatic heterocycles. The summed E-state index contributed by atoms with van der Waals surface area (Å²) in [4.78, 5) is 1.46. The van der Waals surface area contributed by atoms with E-state index < -0.39 is 10.0 Å². The normalized spacial score (nSPS) is 11.9. The van der Waals surface area contributed by atoms with E-state index in [1.165, 1.54) is 16.2 Å². The van der Waals surface area contributed by atoms with E-state index in [0.717, 1.165) is 17.5 Å². The summed E-state index contributed by atoms with van der Waals surface area (Å²) < 4.78 is 27.5. The highest BCUT2D eigenvalue weighted by atomic mass is 32.2. The predicted octanol–water partition coefficient (Wildman–Crippen LogP) is 4.42. The fourth-order valence-electron chi connectivity index (χ4n) is 2.33. The number of benzene rings is 1. The van der Waals surface area contributed by atoms with Crippen LogP contribution in [-0.4, -0.2) is 8.42 Å². The molecule has 0 saturated carbocycles. The number of nitrogens with one attached hydrogen (secondary N) is 1. The molecule has 3 nitrogen and oxygen atoms in total. The van der Waals surface area contributed by atoms with Gasteiger partial charge in [0.2, 0.25) is 0 Å². The molecule has 5 heteroatoms. The van der Waals surface area contributed by atoms with Crippen LogP contribution in [0.25, 0.3) is 0 Å². The summed E-state index contributed by atoms with van der Waals surface area (Å²) in [5.41, 5.74) is 1.96. The van der Waals surface area contributed by atoms with Crippen LogP contribution in [0, 0.1) is 6.92 Å². The first-order chi connectivity index (χ1) is 9.86. The Labute approximate surface area is 131 Å². The quantitative estimate of drug-likeness (QED) is 0.886. The summed E-state index contributed by atoms with van der Waals surface area (Å²) in [7, 11) is -3.55. The minimum absolute atomic E-state index is 0.266. The number of sulfonamides is 1. The molecule has 0 aliphatic carbocycles. The Balaban J connectivity index is 2.41. The van der Waals surface area contributed by atoms with Gasteiger partial charge in [0.15, 0.2) is 0 Å². The Kier molecular flexibility index (Phi) is 4.74. The summed E-state index contributed by atoms with van der Waals surface area (Å²) in [5, 5.41) is 0.624. The fraction of sp³-hybridized carbons (Fsp3) is 0.312. The van der Waals surface area contributed by atoms with Gasteiger partial charge in [-0.15, -0.1) is 11.3 Å². The van der Waals surface area contributed by atoms with Crippen molar-refractivity contribution in [2.75, 3.05) is 4.72 Å². The zero-order valence-electron chi connectivity index (χ0n) is 12.5. The average molecular weight is 322 g/mol. The van der Waals surface area contributed by atoms with Gasteiger partial charge in [-0.25, -0.2) is 8.42 Å². The van der Waals surface area contributed by atoms with Crippen molar-refractivity contribution in [3.63, 3.8) is 0 Å². The van der Waals surface area contributed by atoms with Gasteiger partial charge in [0.05, 0.1) is 4.90 Å². The Hall–Kier alpha value is -1.33. The van der Waals surface area contributed by atoms with Crippen molar-refractivity contribution in [1.29, 1.82) is 0 Å². The molecule has 0 unspecified atom stereocenters. The maximum absolute atomic E-state index is 12.4. The van der Waals surface area contributed by atoms with Crippen LogP contribution in [0.15, 0.2) is 35.2 Å². The zero-order valence-corrected chi connectivity index (χ0v) is 14.1. The first-order valence-corrected chi connectivity index (χ1v) is 9.22. The molecule has 0 aliphatic rings. The summed E-state index contributed by atoms with van der Waals surface area (Å²) in [5.74, 6) is 0.332. The standard InChI is InChI=1S/C16H20NO2S2/c1-5-14-15(11(2)3)12(4)16(20-14)17-21(18,19)13-9-7-6-8-10-13/h6-11,17H,4-5H2,1-3H3. The summed E-state index contributed by atoms with van der Waals surface area (Å²) in [6.07, 6.45) is 0.883. The smallest absolute Gasteiger partial charge is 0.262 e. The summed E-state index contributed by atoms with van der Waals surface area (Å²) in [6, 6.07) is 8.39. The van der Waals surface area contributed by atoms with Gasteiger partial charge in [0.25, 0.3) is 10.0 Å². The van der Waals surface area contributed by atoms with E-state index in [1.54, 1.807) is 30.3 Å². The van der Waals surface area contributed by atoms with Crippen molar-refractivity contribution in [1.82, 2.24) is 0 Å². The lowest BCUT2D eigenvalue weighted by Gasteiger charge is -2.09. The average Bonchev–Trinajstić information content (AvgIpc) is 2.76. The van der Waals surface area contributed by atoms with E-state index in [9.17, 15) is 8.42 Å². The second kappa shape index (κ2) is 6.20. The third-order valence-corrected chi connectivity index (χ3v) is 6.11. The van der Waals surface area contributed by atoms with Gasteiger partial charge in [-0.1, -0.05) is 39.0 Å². The molecule has 1 heterocycles. The molecule has 1 N–H and O–H groups in total. The van der Waals surface area contributed by atoms with Crippen molar-refractivity contribution >= 4 is 26.4 Å². The van der Waals surface area contributed by atoms with Crippen molar-refractivity contribution in [2.45, 2.75) is 38.0 Å². The van der Waals surface area contributed by atoms with Gasteiger partial charge in [0, 0.05) is 4.88 Å². The third-order valence-electron chi connectivity index (χ3n) is 3.30. The molecular formula is C16H20NO2S2. The molecule has 1 aromatic heterocycles. The minimum atomic E-state index is -3.55. The molecule has 1 aromatic carbocycles. The highest BCUT2D eigenvalue weighted by Crippen LogP contribution is 2.38. The van der Waals surface area contributed by atoms with Gasteiger partial charge in [-0.2, -0.15) is 0 Å². The number of hydrogen-bond donors (Lipinski definition) is 1. The van der Waals surface area contributed by atoms with Crippen molar-refractivity contribution < 1.29 is 8.42 Å². The Morgan fingerprint density at radius 3 is 2.33 bits per heavy atom. The molecule has 21 heavy (non-hydrogen) atoms. The largest absolute Gasteiger partial charge is 0.270 e. The SMILES string of the molecule is [CH2]c1c(NS(=O)(=O)c2ccccc2)sc(CC)c1C(C)C. The van der Waals surface area contributed by atoms with E-state index in [2.05, 4.69) is 32.4 Å². The molecule has 113 valence electrons. The number of rotatable bonds is 5. The van der Waals surface area contributed by atoms with Crippen LogP contribution in [0.1, 0.15) is 42.7 Å². The summed E-state index contributed by atoms with van der Waals surface area (Å²) in [6.45, 7) is 10.4.